The SMILES string of the molecule is Nc1cnc(NCCNc2nc(-c3ccc(Cl)cc3Cl)cc3nccn23)nc1N. The fourth-order valence-corrected chi connectivity index (χ4v) is 3.23. The van der Waals surface area contributed by atoms with E-state index in [1.807, 2.05) is 22.7 Å². The third-order valence-corrected chi connectivity index (χ3v) is 4.68. The molecule has 0 fully saturated rings. The first-order valence-corrected chi connectivity index (χ1v) is 9.42. The second-order valence-electron chi connectivity index (χ2n) is 6.13. The van der Waals surface area contributed by atoms with Gasteiger partial charge in [0, 0.05) is 42.1 Å². The minimum absolute atomic E-state index is 0.241. The largest absolute Gasteiger partial charge is 0.394 e. The van der Waals surface area contributed by atoms with Gasteiger partial charge in [-0.05, 0) is 18.2 Å². The number of imidazole rings is 1. The Hall–Kier alpha value is -3.30. The van der Waals surface area contributed by atoms with Gasteiger partial charge in [0.2, 0.25) is 11.9 Å². The molecule has 4 rings (SSSR count). The number of hydrogen-bond acceptors (Lipinski definition) is 8. The molecule has 3 aromatic heterocycles. The van der Waals surface area contributed by atoms with Gasteiger partial charge < -0.3 is 22.1 Å². The zero-order valence-electron chi connectivity index (χ0n) is 15.1. The second kappa shape index (κ2) is 7.98. The molecule has 0 saturated heterocycles. The number of nitrogen functional groups attached to an aromatic ring is 2. The van der Waals surface area contributed by atoms with Crippen molar-refractivity contribution in [3.8, 4) is 11.3 Å². The summed E-state index contributed by atoms with van der Waals surface area (Å²) in [6.07, 6.45) is 5.00. The van der Waals surface area contributed by atoms with Gasteiger partial charge in [-0.15, -0.1) is 0 Å². The molecule has 4 aromatic rings. The van der Waals surface area contributed by atoms with Crippen molar-refractivity contribution in [2.45, 2.75) is 0 Å². The number of nitrogens with two attached hydrogens (primary N) is 2. The third-order valence-electron chi connectivity index (χ3n) is 4.14. The summed E-state index contributed by atoms with van der Waals surface area (Å²) in [5.41, 5.74) is 13.9. The summed E-state index contributed by atoms with van der Waals surface area (Å²) in [6.45, 7) is 1.08. The second-order valence-corrected chi connectivity index (χ2v) is 6.98. The molecule has 6 N–H and O–H groups in total. The average Bonchev–Trinajstić information content (AvgIpc) is 3.16. The van der Waals surface area contributed by atoms with Crippen molar-refractivity contribution < 1.29 is 0 Å². The van der Waals surface area contributed by atoms with Crippen LogP contribution in [-0.2, 0) is 0 Å². The zero-order valence-corrected chi connectivity index (χ0v) is 16.6. The summed E-state index contributed by atoms with van der Waals surface area (Å²) >= 11 is 12.3. The summed E-state index contributed by atoms with van der Waals surface area (Å²) in [5.74, 6) is 1.27. The van der Waals surface area contributed by atoms with Gasteiger partial charge in [-0.1, -0.05) is 23.2 Å². The lowest BCUT2D eigenvalue weighted by molar-refractivity contribution is 0.984. The van der Waals surface area contributed by atoms with E-state index in [0.717, 1.165) is 11.2 Å². The molecule has 0 radical (unpaired) electrons. The summed E-state index contributed by atoms with van der Waals surface area (Å²) < 4.78 is 1.85. The molecule has 0 atom stereocenters. The lowest BCUT2D eigenvalue weighted by Crippen LogP contribution is -2.18. The molecule has 0 aliphatic heterocycles. The minimum atomic E-state index is 0.241. The number of nitrogens with zero attached hydrogens (tertiary/aromatic N) is 5. The van der Waals surface area contributed by atoms with Crippen LogP contribution < -0.4 is 22.1 Å². The fraction of sp³-hybridized carbons (Fsp3) is 0.111. The molecule has 11 heteroatoms. The van der Waals surface area contributed by atoms with Gasteiger partial charge in [0.1, 0.15) is 5.65 Å². The van der Waals surface area contributed by atoms with Crippen LogP contribution in [0.5, 0.6) is 0 Å². The van der Waals surface area contributed by atoms with Crippen LogP contribution in [0.25, 0.3) is 16.9 Å². The third kappa shape index (κ3) is 4.10. The van der Waals surface area contributed by atoms with Gasteiger partial charge in [0.25, 0.3) is 0 Å². The fourth-order valence-electron chi connectivity index (χ4n) is 2.72. The molecule has 0 amide bonds. The van der Waals surface area contributed by atoms with E-state index in [0.29, 0.717) is 46.4 Å². The van der Waals surface area contributed by atoms with Gasteiger partial charge in [0.15, 0.2) is 5.82 Å². The van der Waals surface area contributed by atoms with Crippen LogP contribution in [0.2, 0.25) is 10.0 Å². The Morgan fingerprint density at radius 2 is 1.83 bits per heavy atom. The van der Waals surface area contributed by atoms with Crippen molar-refractivity contribution in [1.29, 1.82) is 0 Å². The Morgan fingerprint density at radius 1 is 1.00 bits per heavy atom. The van der Waals surface area contributed by atoms with Crippen LogP contribution in [0.1, 0.15) is 0 Å². The van der Waals surface area contributed by atoms with Crippen molar-refractivity contribution in [2.24, 2.45) is 0 Å². The Balaban J connectivity index is 1.52. The van der Waals surface area contributed by atoms with E-state index in [1.165, 1.54) is 6.20 Å². The van der Waals surface area contributed by atoms with Gasteiger partial charge in [-0.3, -0.25) is 4.40 Å². The van der Waals surface area contributed by atoms with Crippen LogP contribution >= 0.6 is 23.2 Å². The molecule has 0 saturated carbocycles. The summed E-state index contributed by atoms with van der Waals surface area (Å²) in [5, 5.41) is 7.44. The molecule has 0 aliphatic rings. The molecule has 0 unspecified atom stereocenters. The number of benzene rings is 1. The Bertz CT molecular complexity index is 1180. The molecule has 0 bridgehead atoms. The summed E-state index contributed by atoms with van der Waals surface area (Å²) in [4.78, 5) is 17.2. The van der Waals surface area contributed by atoms with E-state index in [1.54, 1.807) is 18.3 Å². The van der Waals surface area contributed by atoms with Crippen LogP contribution in [-0.4, -0.2) is 37.4 Å². The Morgan fingerprint density at radius 3 is 2.62 bits per heavy atom. The summed E-state index contributed by atoms with van der Waals surface area (Å²) in [6, 6.07) is 7.16. The lowest BCUT2D eigenvalue weighted by atomic mass is 10.1. The minimum Gasteiger partial charge on any atom is -0.394 e. The number of rotatable bonds is 6. The van der Waals surface area contributed by atoms with Gasteiger partial charge in [0.05, 0.1) is 22.6 Å². The van der Waals surface area contributed by atoms with Crippen molar-refractivity contribution in [3.05, 3.63) is 52.9 Å². The standard InChI is InChI=1S/C18H17Cl2N9/c19-10-1-2-11(12(20)7-10)14-8-15-23-5-6-29(15)18(27-14)25-4-3-24-17-26-9-13(21)16(22)28-17/h1-2,5-9H,3-4,21H2,(H,25,27)(H3,22,24,26,28). The number of hydrogen-bond donors (Lipinski definition) is 4. The predicted octanol–water partition coefficient (Wildman–Crippen LogP) is 3.18. The summed E-state index contributed by atoms with van der Waals surface area (Å²) in [7, 11) is 0. The van der Waals surface area contributed by atoms with Crippen LogP contribution in [0.4, 0.5) is 23.4 Å². The molecule has 3 heterocycles. The monoisotopic (exact) mass is 429 g/mol. The number of fused-ring (bicyclic) bond motifs is 1. The van der Waals surface area contributed by atoms with Crippen molar-refractivity contribution in [3.63, 3.8) is 0 Å². The molecular weight excluding hydrogens is 413 g/mol. The van der Waals surface area contributed by atoms with E-state index in [9.17, 15) is 0 Å². The molecule has 1 aromatic carbocycles. The van der Waals surface area contributed by atoms with Crippen molar-refractivity contribution in [1.82, 2.24) is 24.3 Å². The highest BCUT2D eigenvalue weighted by atomic mass is 35.5. The first kappa shape index (κ1) is 19.0. The maximum atomic E-state index is 6.34. The van der Waals surface area contributed by atoms with E-state index in [4.69, 9.17) is 39.7 Å². The maximum absolute atomic E-state index is 6.34. The van der Waals surface area contributed by atoms with E-state index >= 15 is 0 Å². The van der Waals surface area contributed by atoms with Crippen molar-refractivity contribution >= 4 is 52.3 Å². The number of nitrogens with one attached hydrogen (secondary N) is 2. The molecule has 0 aliphatic carbocycles. The Labute approximate surface area is 176 Å². The highest BCUT2D eigenvalue weighted by molar-refractivity contribution is 6.36. The molecule has 29 heavy (non-hydrogen) atoms. The van der Waals surface area contributed by atoms with Crippen LogP contribution in [0.3, 0.4) is 0 Å². The van der Waals surface area contributed by atoms with Crippen LogP contribution in [0.15, 0.2) is 42.9 Å². The quantitative estimate of drug-likeness (QED) is 0.343. The van der Waals surface area contributed by atoms with E-state index < -0.39 is 0 Å². The smallest absolute Gasteiger partial charge is 0.224 e. The van der Waals surface area contributed by atoms with E-state index in [2.05, 4.69) is 25.6 Å². The maximum Gasteiger partial charge on any atom is 0.224 e. The highest BCUT2D eigenvalue weighted by Gasteiger charge is 2.11. The lowest BCUT2D eigenvalue weighted by Gasteiger charge is -2.12. The molecular formula is C18H17Cl2N9. The van der Waals surface area contributed by atoms with Gasteiger partial charge in [-0.2, -0.15) is 4.98 Å². The average molecular weight is 430 g/mol. The number of aromatic nitrogens is 5. The molecule has 0 spiro atoms. The van der Waals surface area contributed by atoms with Gasteiger partial charge >= 0.3 is 0 Å². The molecule has 148 valence electrons. The topological polar surface area (TPSA) is 132 Å². The number of halogens is 2. The highest BCUT2D eigenvalue weighted by Crippen LogP contribution is 2.30. The first-order chi connectivity index (χ1) is 14.0. The Kier molecular flexibility index (Phi) is 5.24. The first-order valence-electron chi connectivity index (χ1n) is 8.66. The molecule has 9 nitrogen and oxygen atoms in total. The van der Waals surface area contributed by atoms with Gasteiger partial charge in [-0.25, -0.2) is 15.0 Å². The normalized spacial score (nSPS) is 11.0. The van der Waals surface area contributed by atoms with E-state index in [-0.39, 0.29) is 5.82 Å². The predicted molar refractivity (Wildman–Crippen MR) is 116 cm³/mol. The van der Waals surface area contributed by atoms with Crippen molar-refractivity contribution in [2.75, 3.05) is 35.2 Å². The number of anilines is 4. The van der Waals surface area contributed by atoms with Crippen LogP contribution in [0, 0.1) is 0 Å². The zero-order chi connectivity index (χ0) is 20.4.